The Morgan fingerprint density at radius 3 is 2.32 bits per heavy atom. The van der Waals surface area contributed by atoms with E-state index in [1.165, 1.54) is 0 Å². The van der Waals surface area contributed by atoms with Crippen LogP contribution in [0.2, 0.25) is 0 Å². The van der Waals surface area contributed by atoms with Crippen molar-refractivity contribution in [2.24, 2.45) is 5.10 Å². The molecule has 8 nitrogen and oxygen atoms in total. The lowest BCUT2D eigenvalue weighted by Crippen LogP contribution is -2.14. The fourth-order valence-electron chi connectivity index (χ4n) is 1.71. The molecule has 25 heavy (non-hydrogen) atoms. The van der Waals surface area contributed by atoms with Crippen molar-refractivity contribution >= 4 is 22.3 Å². The second kappa shape index (κ2) is 9.82. The van der Waals surface area contributed by atoms with Gasteiger partial charge in [-0.25, -0.2) is 8.42 Å². The van der Waals surface area contributed by atoms with Gasteiger partial charge in [-0.05, 0) is 42.1 Å². The molecule has 1 aromatic rings. The van der Waals surface area contributed by atoms with Crippen LogP contribution in [0.3, 0.4) is 0 Å². The van der Waals surface area contributed by atoms with E-state index in [9.17, 15) is 13.0 Å². The summed E-state index contributed by atoms with van der Waals surface area (Å²) in [5, 5.41) is 6.27. The normalized spacial score (nSPS) is 14.0. The topological polar surface area (TPSA) is 94.5 Å². The van der Waals surface area contributed by atoms with E-state index in [1.807, 2.05) is 49.6 Å². The third-order valence-electron chi connectivity index (χ3n) is 3.17. The standard InChI is InChI=1S/C15H19N3O.CH4O4S/c1-17-10-8-13(9-11-17)12-16-18(2)14-4-6-15(19-3)7-5-14;1-5-6(2,3)4/h4-10,12H,11H2,1-3H3;1H3,(H,2,3,4)/p-1. The first-order valence-electron chi connectivity index (χ1n) is 7.27. The second-order valence-electron chi connectivity index (χ2n) is 5.00. The molecule has 0 aliphatic carbocycles. The van der Waals surface area contributed by atoms with Crippen LogP contribution >= 0.6 is 0 Å². The monoisotopic (exact) mass is 368 g/mol. The molecule has 0 bridgehead atoms. The molecule has 138 valence electrons. The second-order valence-corrected chi connectivity index (χ2v) is 6.15. The van der Waals surface area contributed by atoms with E-state index in [2.05, 4.69) is 32.5 Å². The molecule has 0 unspecified atom stereocenters. The molecule has 0 spiro atoms. The van der Waals surface area contributed by atoms with Gasteiger partial charge in [0.1, 0.15) is 5.75 Å². The van der Waals surface area contributed by atoms with Gasteiger partial charge in [-0.1, -0.05) is 6.08 Å². The van der Waals surface area contributed by atoms with Crippen LogP contribution in [0.15, 0.2) is 53.3 Å². The van der Waals surface area contributed by atoms with E-state index in [0.29, 0.717) is 0 Å². The van der Waals surface area contributed by atoms with Crippen molar-refractivity contribution in [3.8, 4) is 5.75 Å². The summed E-state index contributed by atoms with van der Waals surface area (Å²) in [5.41, 5.74) is 2.15. The smallest absolute Gasteiger partial charge is 0.217 e. The summed E-state index contributed by atoms with van der Waals surface area (Å²) in [6.45, 7) is 0.921. The van der Waals surface area contributed by atoms with Crippen LogP contribution in [-0.4, -0.2) is 58.9 Å². The number of methoxy groups -OCH3 is 1. The first kappa shape index (κ1) is 20.7. The third-order valence-corrected chi connectivity index (χ3v) is 3.57. The van der Waals surface area contributed by atoms with Gasteiger partial charge in [-0.15, -0.1) is 0 Å². The van der Waals surface area contributed by atoms with Crippen molar-refractivity contribution < 1.29 is 21.9 Å². The molecule has 0 amide bonds. The van der Waals surface area contributed by atoms with Gasteiger partial charge >= 0.3 is 0 Å². The molecule has 0 aromatic heterocycles. The highest BCUT2D eigenvalue weighted by Crippen LogP contribution is 2.18. The van der Waals surface area contributed by atoms with Crippen LogP contribution in [0, 0.1) is 0 Å². The van der Waals surface area contributed by atoms with Gasteiger partial charge in [0.05, 0.1) is 26.1 Å². The molecule has 0 atom stereocenters. The minimum Gasteiger partial charge on any atom is -0.726 e. The molecule has 1 aliphatic heterocycles. The summed E-state index contributed by atoms with van der Waals surface area (Å²) < 4.78 is 36.2. The summed E-state index contributed by atoms with van der Waals surface area (Å²) in [7, 11) is 2.03. The number of benzene rings is 1. The molecule has 1 aromatic carbocycles. The Balaban J connectivity index is 0.000000450. The lowest BCUT2D eigenvalue weighted by Gasteiger charge is -2.16. The van der Waals surface area contributed by atoms with Crippen LogP contribution < -0.4 is 9.75 Å². The van der Waals surface area contributed by atoms with E-state index in [1.54, 1.807) is 7.11 Å². The summed E-state index contributed by atoms with van der Waals surface area (Å²) in [5.74, 6) is 0.849. The molecule has 0 radical (unpaired) electrons. The Morgan fingerprint density at radius 2 is 1.88 bits per heavy atom. The number of likely N-dealkylation sites (N-methyl/N-ethyl adjacent to an activating group) is 1. The average molecular weight is 368 g/mol. The lowest BCUT2D eigenvalue weighted by molar-refractivity contribution is 0.314. The number of anilines is 1. The summed E-state index contributed by atoms with van der Waals surface area (Å²) in [6.07, 6.45) is 8.11. The maximum atomic E-state index is 9.22. The van der Waals surface area contributed by atoms with E-state index in [0.717, 1.165) is 30.7 Å². The highest BCUT2D eigenvalue weighted by molar-refractivity contribution is 7.80. The number of nitrogens with zero attached hydrogens (tertiary/aromatic N) is 3. The molecule has 1 aliphatic rings. The molecule has 0 N–H and O–H groups in total. The Kier molecular flexibility index (Phi) is 8.12. The Bertz CT molecular complexity index is 727. The zero-order chi connectivity index (χ0) is 18.9. The van der Waals surface area contributed by atoms with Crippen molar-refractivity contribution in [1.29, 1.82) is 0 Å². The van der Waals surface area contributed by atoms with Crippen LogP contribution in [0.5, 0.6) is 5.75 Å². The lowest BCUT2D eigenvalue weighted by atomic mass is 10.2. The summed E-state index contributed by atoms with van der Waals surface area (Å²) in [6, 6.07) is 7.82. The predicted octanol–water partition coefficient (Wildman–Crippen LogP) is 1.60. The van der Waals surface area contributed by atoms with Gasteiger partial charge in [-0.2, -0.15) is 5.10 Å². The Labute approximate surface area is 148 Å². The number of allylic oxidation sites excluding steroid dienone is 2. The Hall–Kier alpha value is -2.36. The van der Waals surface area contributed by atoms with Crippen molar-refractivity contribution in [3.63, 3.8) is 0 Å². The maximum absolute atomic E-state index is 9.22. The van der Waals surface area contributed by atoms with E-state index in [4.69, 9.17) is 4.74 Å². The molecule has 1 heterocycles. The van der Waals surface area contributed by atoms with Crippen LogP contribution in [0.1, 0.15) is 0 Å². The number of hydrazone groups is 1. The summed E-state index contributed by atoms with van der Waals surface area (Å²) in [4.78, 5) is 2.12. The van der Waals surface area contributed by atoms with Gasteiger partial charge in [0, 0.05) is 20.6 Å². The largest absolute Gasteiger partial charge is 0.726 e. The van der Waals surface area contributed by atoms with Gasteiger partial charge in [0.25, 0.3) is 0 Å². The predicted molar refractivity (Wildman–Crippen MR) is 96.4 cm³/mol. The van der Waals surface area contributed by atoms with Crippen LogP contribution in [0.25, 0.3) is 0 Å². The molecule has 2 rings (SSSR count). The van der Waals surface area contributed by atoms with E-state index in [-0.39, 0.29) is 0 Å². The highest BCUT2D eigenvalue weighted by atomic mass is 32.3. The molecular formula is C16H22N3O5S-. The number of rotatable bonds is 5. The number of hydrogen-bond donors (Lipinski definition) is 0. The van der Waals surface area contributed by atoms with Gasteiger partial charge in [0.15, 0.2) is 0 Å². The molecule has 0 saturated heterocycles. The van der Waals surface area contributed by atoms with Gasteiger partial charge in [-0.3, -0.25) is 9.19 Å². The molecular weight excluding hydrogens is 346 g/mol. The minimum atomic E-state index is -4.41. The quantitative estimate of drug-likeness (QED) is 0.337. The maximum Gasteiger partial charge on any atom is 0.217 e. The van der Waals surface area contributed by atoms with Crippen molar-refractivity contribution in [1.82, 2.24) is 4.90 Å². The zero-order valence-electron chi connectivity index (χ0n) is 14.6. The van der Waals surface area contributed by atoms with Crippen LogP contribution in [0.4, 0.5) is 5.69 Å². The SMILES string of the molecule is COS(=O)(=O)[O-].COc1ccc(N(C)N=CC2=CCN(C)C=C2)cc1. The first-order chi connectivity index (χ1) is 11.7. The van der Waals surface area contributed by atoms with Crippen molar-refractivity contribution in [3.05, 3.63) is 48.2 Å². The van der Waals surface area contributed by atoms with Crippen molar-refractivity contribution in [2.75, 3.05) is 39.9 Å². The number of ether oxygens (including phenoxy) is 1. The van der Waals surface area contributed by atoms with E-state index < -0.39 is 10.4 Å². The molecule has 0 saturated carbocycles. The van der Waals surface area contributed by atoms with E-state index >= 15 is 0 Å². The fraction of sp³-hybridized carbons (Fsp3) is 0.312. The summed E-state index contributed by atoms with van der Waals surface area (Å²) >= 11 is 0. The minimum absolute atomic E-state index is 0.808. The highest BCUT2D eigenvalue weighted by Gasteiger charge is 2.00. The first-order valence-corrected chi connectivity index (χ1v) is 8.60. The van der Waals surface area contributed by atoms with Gasteiger partial charge < -0.3 is 14.2 Å². The Morgan fingerprint density at radius 1 is 1.28 bits per heavy atom. The number of hydrogen-bond acceptors (Lipinski definition) is 8. The average Bonchev–Trinajstić information content (AvgIpc) is 2.61. The third kappa shape index (κ3) is 8.34. The van der Waals surface area contributed by atoms with Crippen molar-refractivity contribution in [2.45, 2.75) is 0 Å². The molecule has 9 heteroatoms. The zero-order valence-corrected chi connectivity index (χ0v) is 15.4. The fourth-order valence-corrected chi connectivity index (χ4v) is 1.71. The van der Waals surface area contributed by atoms with Crippen LogP contribution in [-0.2, 0) is 14.6 Å². The molecule has 0 fully saturated rings. The van der Waals surface area contributed by atoms with Gasteiger partial charge in [0.2, 0.25) is 10.4 Å².